The van der Waals surface area contributed by atoms with Gasteiger partial charge in [-0.3, -0.25) is 4.79 Å². The molecule has 1 fully saturated rings. The van der Waals surface area contributed by atoms with Gasteiger partial charge in [0.2, 0.25) is 11.7 Å². The van der Waals surface area contributed by atoms with Gasteiger partial charge in [-0.2, -0.15) is 0 Å². The SMILES string of the molecule is CC(=O)NC1CCN(C(=O)NCc2ccc(C(=O)O)o2)C1. The highest BCUT2D eigenvalue weighted by Gasteiger charge is 2.26. The van der Waals surface area contributed by atoms with Crippen molar-refractivity contribution in [2.45, 2.75) is 25.9 Å². The summed E-state index contributed by atoms with van der Waals surface area (Å²) in [6, 6.07) is 2.56. The summed E-state index contributed by atoms with van der Waals surface area (Å²) in [6.07, 6.45) is 0.719. The van der Waals surface area contributed by atoms with E-state index in [-0.39, 0.29) is 30.3 Å². The van der Waals surface area contributed by atoms with Crippen LogP contribution in [0.15, 0.2) is 16.5 Å². The Kier molecular flexibility index (Phi) is 4.46. The minimum absolute atomic E-state index is 0.0181. The van der Waals surface area contributed by atoms with E-state index in [2.05, 4.69) is 10.6 Å². The molecular formula is C13H17N3O5. The summed E-state index contributed by atoms with van der Waals surface area (Å²) in [5.74, 6) is -1.05. The van der Waals surface area contributed by atoms with Crippen LogP contribution in [0.4, 0.5) is 4.79 Å². The number of furan rings is 1. The molecule has 2 heterocycles. The summed E-state index contributed by atoms with van der Waals surface area (Å²) in [6.45, 7) is 2.59. The Morgan fingerprint density at radius 3 is 2.81 bits per heavy atom. The van der Waals surface area contributed by atoms with Gasteiger partial charge in [0.1, 0.15) is 5.76 Å². The van der Waals surface area contributed by atoms with Crippen LogP contribution >= 0.6 is 0 Å². The maximum absolute atomic E-state index is 11.9. The van der Waals surface area contributed by atoms with E-state index in [1.54, 1.807) is 4.90 Å². The van der Waals surface area contributed by atoms with Crippen LogP contribution in [0, 0.1) is 0 Å². The Morgan fingerprint density at radius 1 is 1.43 bits per heavy atom. The second-order valence-electron chi connectivity index (χ2n) is 4.86. The number of rotatable bonds is 4. The zero-order chi connectivity index (χ0) is 15.4. The van der Waals surface area contributed by atoms with Crippen LogP contribution in [0.25, 0.3) is 0 Å². The zero-order valence-electron chi connectivity index (χ0n) is 11.6. The fourth-order valence-electron chi connectivity index (χ4n) is 2.21. The average Bonchev–Trinajstić information content (AvgIpc) is 3.04. The monoisotopic (exact) mass is 295 g/mol. The smallest absolute Gasteiger partial charge is 0.371 e. The molecule has 0 bridgehead atoms. The molecule has 1 saturated heterocycles. The summed E-state index contributed by atoms with van der Waals surface area (Å²) in [5, 5.41) is 14.2. The first-order valence-corrected chi connectivity index (χ1v) is 6.57. The lowest BCUT2D eigenvalue weighted by molar-refractivity contribution is -0.119. The van der Waals surface area contributed by atoms with E-state index in [1.807, 2.05) is 0 Å². The van der Waals surface area contributed by atoms with E-state index in [0.29, 0.717) is 18.8 Å². The lowest BCUT2D eigenvalue weighted by Crippen LogP contribution is -2.41. The number of likely N-dealkylation sites (tertiary alicyclic amines) is 1. The third-order valence-corrected chi connectivity index (χ3v) is 3.17. The number of hydrogen-bond donors (Lipinski definition) is 3. The molecule has 1 aliphatic heterocycles. The summed E-state index contributed by atoms with van der Waals surface area (Å²) in [4.78, 5) is 35.1. The summed E-state index contributed by atoms with van der Waals surface area (Å²) in [7, 11) is 0. The van der Waals surface area contributed by atoms with E-state index in [0.717, 1.165) is 6.42 Å². The second-order valence-corrected chi connectivity index (χ2v) is 4.86. The normalized spacial score (nSPS) is 17.6. The first kappa shape index (κ1) is 14.9. The van der Waals surface area contributed by atoms with Crippen LogP contribution in [-0.4, -0.2) is 47.0 Å². The van der Waals surface area contributed by atoms with Crippen LogP contribution < -0.4 is 10.6 Å². The largest absolute Gasteiger partial charge is 0.475 e. The van der Waals surface area contributed by atoms with Gasteiger partial charge in [0.25, 0.3) is 0 Å². The van der Waals surface area contributed by atoms with Crippen LogP contribution in [0.1, 0.15) is 29.7 Å². The minimum atomic E-state index is -1.15. The van der Waals surface area contributed by atoms with Crippen molar-refractivity contribution in [1.29, 1.82) is 0 Å². The molecule has 114 valence electrons. The highest BCUT2D eigenvalue weighted by atomic mass is 16.4. The highest BCUT2D eigenvalue weighted by Crippen LogP contribution is 2.11. The van der Waals surface area contributed by atoms with E-state index in [9.17, 15) is 14.4 Å². The molecule has 1 aromatic rings. The quantitative estimate of drug-likeness (QED) is 0.744. The molecule has 0 aliphatic carbocycles. The van der Waals surface area contributed by atoms with Crippen molar-refractivity contribution in [3.8, 4) is 0 Å². The fraction of sp³-hybridized carbons (Fsp3) is 0.462. The molecule has 0 aromatic carbocycles. The third-order valence-electron chi connectivity index (χ3n) is 3.17. The fourth-order valence-corrected chi connectivity index (χ4v) is 2.21. The van der Waals surface area contributed by atoms with Gasteiger partial charge in [-0.1, -0.05) is 0 Å². The van der Waals surface area contributed by atoms with E-state index < -0.39 is 5.97 Å². The Bertz CT molecular complexity index is 554. The van der Waals surface area contributed by atoms with Gasteiger partial charge in [-0.25, -0.2) is 9.59 Å². The number of carbonyl (C=O) groups is 3. The third kappa shape index (κ3) is 3.98. The molecule has 1 aromatic heterocycles. The summed E-state index contributed by atoms with van der Waals surface area (Å²) in [5.41, 5.74) is 0. The highest BCUT2D eigenvalue weighted by molar-refractivity contribution is 5.84. The van der Waals surface area contributed by atoms with Crippen LogP contribution in [0.5, 0.6) is 0 Å². The Balaban J connectivity index is 1.79. The van der Waals surface area contributed by atoms with Gasteiger partial charge < -0.3 is 25.1 Å². The van der Waals surface area contributed by atoms with Crippen molar-refractivity contribution < 1.29 is 23.9 Å². The predicted octanol–water partition coefficient (Wildman–Crippen LogP) is 0.398. The Hall–Kier alpha value is -2.51. The number of carboxylic acids is 1. The number of amides is 3. The van der Waals surface area contributed by atoms with Crippen molar-refractivity contribution in [3.63, 3.8) is 0 Å². The van der Waals surface area contributed by atoms with Crippen molar-refractivity contribution in [2.24, 2.45) is 0 Å². The molecule has 0 saturated carbocycles. The van der Waals surface area contributed by atoms with Gasteiger partial charge in [-0.05, 0) is 18.6 Å². The van der Waals surface area contributed by atoms with E-state index in [1.165, 1.54) is 19.1 Å². The molecular weight excluding hydrogens is 278 g/mol. The first-order chi connectivity index (χ1) is 9.95. The van der Waals surface area contributed by atoms with E-state index in [4.69, 9.17) is 9.52 Å². The molecule has 3 N–H and O–H groups in total. The van der Waals surface area contributed by atoms with Crippen molar-refractivity contribution in [1.82, 2.24) is 15.5 Å². The minimum Gasteiger partial charge on any atom is -0.475 e. The number of aromatic carboxylic acids is 1. The van der Waals surface area contributed by atoms with Gasteiger partial charge >= 0.3 is 12.0 Å². The van der Waals surface area contributed by atoms with Crippen LogP contribution in [0.3, 0.4) is 0 Å². The molecule has 1 atom stereocenters. The number of carboxylic acid groups (broad SMARTS) is 1. The molecule has 1 aliphatic rings. The Morgan fingerprint density at radius 2 is 2.19 bits per heavy atom. The zero-order valence-corrected chi connectivity index (χ0v) is 11.6. The van der Waals surface area contributed by atoms with Crippen molar-refractivity contribution in [2.75, 3.05) is 13.1 Å². The van der Waals surface area contributed by atoms with Gasteiger partial charge in [-0.15, -0.1) is 0 Å². The first-order valence-electron chi connectivity index (χ1n) is 6.57. The number of hydrogen-bond acceptors (Lipinski definition) is 4. The molecule has 2 rings (SSSR count). The number of carbonyl (C=O) groups excluding carboxylic acids is 2. The molecule has 0 spiro atoms. The van der Waals surface area contributed by atoms with Gasteiger partial charge in [0.05, 0.1) is 6.54 Å². The topological polar surface area (TPSA) is 112 Å². The van der Waals surface area contributed by atoms with Crippen LogP contribution in [-0.2, 0) is 11.3 Å². The molecule has 0 radical (unpaired) electrons. The molecule has 21 heavy (non-hydrogen) atoms. The summed E-state index contributed by atoms with van der Waals surface area (Å²) >= 11 is 0. The number of nitrogens with one attached hydrogen (secondary N) is 2. The van der Waals surface area contributed by atoms with Crippen molar-refractivity contribution >= 4 is 17.9 Å². The predicted molar refractivity (Wildman–Crippen MR) is 71.7 cm³/mol. The molecule has 8 heteroatoms. The second kappa shape index (κ2) is 6.29. The Labute approximate surface area is 121 Å². The summed E-state index contributed by atoms with van der Waals surface area (Å²) < 4.78 is 5.04. The van der Waals surface area contributed by atoms with Crippen LogP contribution in [0.2, 0.25) is 0 Å². The molecule has 3 amide bonds. The standard InChI is InChI=1S/C13H17N3O5/c1-8(17)15-9-4-5-16(7-9)13(20)14-6-10-2-3-11(21-10)12(18)19/h2-3,9H,4-7H2,1H3,(H,14,20)(H,15,17)(H,18,19). The van der Waals surface area contributed by atoms with Gasteiger partial charge in [0.15, 0.2) is 0 Å². The maximum Gasteiger partial charge on any atom is 0.371 e. The number of urea groups is 1. The average molecular weight is 295 g/mol. The molecule has 1 unspecified atom stereocenters. The van der Waals surface area contributed by atoms with E-state index >= 15 is 0 Å². The lowest BCUT2D eigenvalue weighted by Gasteiger charge is -2.17. The van der Waals surface area contributed by atoms with Crippen molar-refractivity contribution in [3.05, 3.63) is 23.7 Å². The van der Waals surface area contributed by atoms with Gasteiger partial charge in [0, 0.05) is 26.1 Å². The molecule has 8 nitrogen and oxygen atoms in total. The lowest BCUT2D eigenvalue weighted by atomic mass is 10.3. The maximum atomic E-state index is 11.9. The number of nitrogens with zero attached hydrogens (tertiary/aromatic N) is 1.